The molecule has 0 aliphatic carbocycles. The van der Waals surface area contributed by atoms with Crippen molar-refractivity contribution in [2.75, 3.05) is 19.0 Å². The number of hydrogen-bond donors (Lipinski definition) is 3. The number of phenols is 1. The Bertz CT molecular complexity index is 844. The van der Waals surface area contributed by atoms with E-state index in [9.17, 15) is 14.7 Å². The van der Waals surface area contributed by atoms with E-state index in [0.29, 0.717) is 18.1 Å². The number of anilines is 1. The summed E-state index contributed by atoms with van der Waals surface area (Å²) in [5.74, 6) is -0.922. The van der Waals surface area contributed by atoms with Crippen LogP contribution in [0.5, 0.6) is 17.2 Å². The second-order valence-corrected chi connectivity index (χ2v) is 5.20. The number of amides is 1. The van der Waals surface area contributed by atoms with Gasteiger partial charge in [-0.15, -0.1) is 0 Å². The Kier molecular flexibility index (Phi) is 6.21. The van der Waals surface area contributed by atoms with Crippen molar-refractivity contribution >= 4 is 23.6 Å². The summed E-state index contributed by atoms with van der Waals surface area (Å²) in [6, 6.07) is 9.06. The van der Waals surface area contributed by atoms with Gasteiger partial charge in [0.1, 0.15) is 11.3 Å². The van der Waals surface area contributed by atoms with Crippen LogP contribution in [0.3, 0.4) is 0 Å². The molecule has 26 heavy (non-hydrogen) atoms. The molecule has 0 saturated heterocycles. The number of aromatic hydroxyl groups is 1. The van der Waals surface area contributed by atoms with Crippen molar-refractivity contribution in [3.05, 3.63) is 53.6 Å². The van der Waals surface area contributed by atoms with Crippen LogP contribution >= 0.6 is 0 Å². The SMILES string of the molecule is CCOc1ccc(/C=C/C(=O)Nc2ccc(C(=O)O)c(O)c2)cc1OC. The summed E-state index contributed by atoms with van der Waals surface area (Å²) in [7, 11) is 1.53. The van der Waals surface area contributed by atoms with Gasteiger partial charge in [-0.2, -0.15) is 0 Å². The van der Waals surface area contributed by atoms with Crippen LogP contribution in [0.15, 0.2) is 42.5 Å². The number of carbonyl (C=O) groups is 2. The lowest BCUT2D eigenvalue weighted by Gasteiger charge is -2.09. The van der Waals surface area contributed by atoms with Crippen LogP contribution in [0.2, 0.25) is 0 Å². The van der Waals surface area contributed by atoms with Crippen molar-refractivity contribution in [1.82, 2.24) is 0 Å². The van der Waals surface area contributed by atoms with E-state index in [2.05, 4.69) is 5.32 Å². The number of benzene rings is 2. The number of hydrogen-bond acceptors (Lipinski definition) is 5. The van der Waals surface area contributed by atoms with Crippen molar-refractivity contribution in [1.29, 1.82) is 0 Å². The Labute approximate surface area is 150 Å². The van der Waals surface area contributed by atoms with Gasteiger partial charge >= 0.3 is 5.97 Å². The van der Waals surface area contributed by atoms with Gasteiger partial charge in [0.15, 0.2) is 11.5 Å². The molecule has 0 aliphatic rings. The van der Waals surface area contributed by atoms with Crippen molar-refractivity contribution < 1.29 is 29.3 Å². The van der Waals surface area contributed by atoms with Crippen LogP contribution < -0.4 is 14.8 Å². The minimum Gasteiger partial charge on any atom is -0.507 e. The Morgan fingerprint density at radius 3 is 2.54 bits per heavy atom. The van der Waals surface area contributed by atoms with Crippen LogP contribution in [0.1, 0.15) is 22.8 Å². The molecule has 136 valence electrons. The first-order valence-corrected chi connectivity index (χ1v) is 7.80. The molecule has 0 spiro atoms. The third kappa shape index (κ3) is 4.76. The molecule has 0 heterocycles. The summed E-state index contributed by atoms with van der Waals surface area (Å²) in [6.45, 7) is 2.39. The number of carboxylic acids is 1. The summed E-state index contributed by atoms with van der Waals surface area (Å²) in [4.78, 5) is 22.8. The van der Waals surface area contributed by atoms with E-state index in [4.69, 9.17) is 14.6 Å². The van der Waals surface area contributed by atoms with Crippen molar-refractivity contribution in [2.24, 2.45) is 0 Å². The largest absolute Gasteiger partial charge is 0.507 e. The molecule has 3 N–H and O–H groups in total. The summed E-state index contributed by atoms with van der Waals surface area (Å²) in [5.41, 5.74) is 0.788. The molecule has 7 nitrogen and oxygen atoms in total. The second-order valence-electron chi connectivity index (χ2n) is 5.20. The van der Waals surface area contributed by atoms with E-state index in [1.165, 1.54) is 31.4 Å². The van der Waals surface area contributed by atoms with Crippen LogP contribution in [-0.2, 0) is 4.79 Å². The van der Waals surface area contributed by atoms with E-state index in [1.807, 2.05) is 6.92 Å². The lowest BCUT2D eigenvalue weighted by molar-refractivity contribution is -0.111. The van der Waals surface area contributed by atoms with Crippen LogP contribution in [0.4, 0.5) is 5.69 Å². The van der Waals surface area contributed by atoms with E-state index < -0.39 is 17.6 Å². The van der Waals surface area contributed by atoms with Gasteiger partial charge in [0, 0.05) is 17.8 Å². The average molecular weight is 357 g/mol. The highest BCUT2D eigenvalue weighted by atomic mass is 16.5. The molecule has 0 fully saturated rings. The number of carboxylic acid groups (broad SMARTS) is 1. The molecule has 0 bridgehead atoms. The van der Waals surface area contributed by atoms with Crippen molar-refractivity contribution in [3.63, 3.8) is 0 Å². The van der Waals surface area contributed by atoms with Gasteiger partial charge < -0.3 is 25.0 Å². The number of ether oxygens (including phenoxy) is 2. The monoisotopic (exact) mass is 357 g/mol. The lowest BCUT2D eigenvalue weighted by Crippen LogP contribution is -2.08. The maximum atomic E-state index is 12.0. The fraction of sp³-hybridized carbons (Fsp3) is 0.158. The first-order valence-electron chi connectivity index (χ1n) is 7.80. The number of methoxy groups -OCH3 is 1. The third-order valence-corrected chi connectivity index (χ3v) is 3.41. The van der Waals surface area contributed by atoms with E-state index in [0.717, 1.165) is 5.56 Å². The molecular formula is C19H19NO6. The van der Waals surface area contributed by atoms with Crippen LogP contribution in [0, 0.1) is 0 Å². The zero-order chi connectivity index (χ0) is 19.1. The predicted molar refractivity (Wildman–Crippen MR) is 96.9 cm³/mol. The van der Waals surface area contributed by atoms with Crippen LogP contribution in [-0.4, -0.2) is 35.8 Å². The second kappa shape index (κ2) is 8.57. The number of rotatable bonds is 7. The summed E-state index contributed by atoms with van der Waals surface area (Å²) in [6.07, 6.45) is 2.91. The highest BCUT2D eigenvalue weighted by Gasteiger charge is 2.10. The molecule has 2 rings (SSSR count). The van der Waals surface area contributed by atoms with Crippen molar-refractivity contribution in [2.45, 2.75) is 6.92 Å². The summed E-state index contributed by atoms with van der Waals surface area (Å²) in [5, 5.41) is 21.0. The molecule has 0 aliphatic heterocycles. The Morgan fingerprint density at radius 1 is 1.15 bits per heavy atom. The molecular weight excluding hydrogens is 338 g/mol. The number of carbonyl (C=O) groups excluding carboxylic acids is 1. The first kappa shape index (κ1) is 18.9. The zero-order valence-electron chi connectivity index (χ0n) is 14.4. The zero-order valence-corrected chi connectivity index (χ0v) is 14.4. The summed E-state index contributed by atoms with van der Waals surface area (Å²) >= 11 is 0. The molecule has 0 unspecified atom stereocenters. The smallest absolute Gasteiger partial charge is 0.339 e. The molecule has 2 aromatic carbocycles. The number of nitrogens with one attached hydrogen (secondary N) is 1. The molecule has 1 amide bonds. The quantitative estimate of drug-likeness (QED) is 0.658. The molecule has 7 heteroatoms. The minimum atomic E-state index is -1.25. The van der Waals surface area contributed by atoms with E-state index in [-0.39, 0.29) is 11.3 Å². The lowest BCUT2D eigenvalue weighted by atomic mass is 10.1. The molecule has 0 saturated carbocycles. The van der Waals surface area contributed by atoms with E-state index >= 15 is 0 Å². The average Bonchev–Trinajstić information content (AvgIpc) is 2.60. The Balaban J connectivity index is 2.07. The normalized spacial score (nSPS) is 10.5. The van der Waals surface area contributed by atoms with E-state index in [1.54, 1.807) is 24.3 Å². The molecule has 0 atom stereocenters. The van der Waals surface area contributed by atoms with Gasteiger partial charge in [0.05, 0.1) is 13.7 Å². The van der Waals surface area contributed by atoms with Crippen molar-refractivity contribution in [3.8, 4) is 17.2 Å². The molecule has 2 aromatic rings. The van der Waals surface area contributed by atoms with Gasteiger partial charge in [-0.05, 0) is 42.8 Å². The fourth-order valence-electron chi connectivity index (χ4n) is 2.21. The Morgan fingerprint density at radius 2 is 1.92 bits per heavy atom. The fourth-order valence-corrected chi connectivity index (χ4v) is 2.21. The van der Waals surface area contributed by atoms with Crippen LogP contribution in [0.25, 0.3) is 6.08 Å². The Hall–Kier alpha value is -3.48. The van der Waals surface area contributed by atoms with Gasteiger partial charge in [0.2, 0.25) is 5.91 Å². The highest BCUT2D eigenvalue weighted by Crippen LogP contribution is 2.28. The molecule has 0 radical (unpaired) electrons. The minimum absolute atomic E-state index is 0.236. The maximum Gasteiger partial charge on any atom is 0.339 e. The van der Waals surface area contributed by atoms with Gasteiger partial charge in [-0.3, -0.25) is 4.79 Å². The highest BCUT2D eigenvalue weighted by molar-refractivity contribution is 6.02. The van der Waals surface area contributed by atoms with Gasteiger partial charge in [-0.1, -0.05) is 6.07 Å². The number of aromatic carboxylic acids is 1. The summed E-state index contributed by atoms with van der Waals surface area (Å²) < 4.78 is 10.7. The van der Waals surface area contributed by atoms with Gasteiger partial charge in [0.25, 0.3) is 0 Å². The molecule has 0 aromatic heterocycles. The predicted octanol–water partition coefficient (Wildman–Crippen LogP) is 3.15. The van der Waals surface area contributed by atoms with Gasteiger partial charge in [-0.25, -0.2) is 4.79 Å². The third-order valence-electron chi connectivity index (χ3n) is 3.41. The topological polar surface area (TPSA) is 105 Å². The first-order chi connectivity index (χ1) is 12.4. The standard InChI is InChI=1S/C19H19NO6/c1-3-26-16-8-4-12(10-17(16)25-2)5-9-18(22)20-13-6-7-14(19(23)24)15(21)11-13/h4-11,21H,3H2,1-2H3,(H,20,22)(H,23,24)/b9-5+. The maximum absolute atomic E-state index is 12.0.